The lowest BCUT2D eigenvalue weighted by Crippen LogP contribution is -2.09. The predicted octanol–water partition coefficient (Wildman–Crippen LogP) is 5.12. The summed E-state index contributed by atoms with van der Waals surface area (Å²) in [6.45, 7) is 3.97. The molecule has 3 aromatic carbocycles. The number of hydrogen-bond donors (Lipinski definition) is 0. The molecule has 6 heteroatoms. The molecule has 0 atom stereocenters. The molecule has 0 saturated carbocycles. The van der Waals surface area contributed by atoms with Gasteiger partial charge in [-0.15, -0.1) is 0 Å². The summed E-state index contributed by atoms with van der Waals surface area (Å²) in [5, 5.41) is 0. The van der Waals surface area contributed by atoms with E-state index >= 15 is 0 Å². The SMILES string of the molecule is CCc1ccc(/C=C2\Oc3c(ccc(OC(=O)c4ccc5c(c4)OCO5)c3C)C2=O)cc1. The minimum atomic E-state index is -0.539. The van der Waals surface area contributed by atoms with Gasteiger partial charge in [-0.25, -0.2) is 4.79 Å². The van der Waals surface area contributed by atoms with Gasteiger partial charge in [0.2, 0.25) is 12.6 Å². The number of allylic oxidation sites excluding steroid dienone is 1. The van der Waals surface area contributed by atoms with Gasteiger partial charge in [0.05, 0.1) is 11.1 Å². The Morgan fingerprint density at radius 1 is 1.03 bits per heavy atom. The van der Waals surface area contributed by atoms with E-state index in [1.165, 1.54) is 5.56 Å². The second-order valence-corrected chi connectivity index (χ2v) is 7.56. The van der Waals surface area contributed by atoms with Gasteiger partial charge in [0, 0.05) is 5.56 Å². The van der Waals surface area contributed by atoms with E-state index in [0.29, 0.717) is 39.7 Å². The molecule has 0 saturated heterocycles. The van der Waals surface area contributed by atoms with Gasteiger partial charge in [-0.2, -0.15) is 0 Å². The fourth-order valence-electron chi connectivity index (χ4n) is 3.66. The lowest BCUT2D eigenvalue weighted by molar-refractivity contribution is 0.0732. The van der Waals surface area contributed by atoms with Crippen molar-refractivity contribution in [2.24, 2.45) is 0 Å². The fourth-order valence-corrected chi connectivity index (χ4v) is 3.66. The Hall–Kier alpha value is -4.06. The van der Waals surface area contributed by atoms with Crippen LogP contribution in [0.15, 0.2) is 60.4 Å². The highest BCUT2D eigenvalue weighted by Gasteiger charge is 2.30. The molecular weight excluding hydrogens is 408 g/mol. The third-order valence-corrected chi connectivity index (χ3v) is 5.53. The summed E-state index contributed by atoms with van der Waals surface area (Å²) in [5.41, 5.74) is 3.46. The Kier molecular flexibility index (Phi) is 4.90. The number of esters is 1. The first-order chi connectivity index (χ1) is 15.5. The van der Waals surface area contributed by atoms with Gasteiger partial charge < -0.3 is 18.9 Å². The van der Waals surface area contributed by atoms with Crippen LogP contribution in [0.1, 0.15) is 44.3 Å². The molecule has 0 bridgehead atoms. The average Bonchev–Trinajstić information content (AvgIpc) is 3.41. The third-order valence-electron chi connectivity index (χ3n) is 5.53. The third kappa shape index (κ3) is 3.50. The van der Waals surface area contributed by atoms with Gasteiger partial charge in [0.15, 0.2) is 17.3 Å². The molecule has 0 aliphatic carbocycles. The standard InChI is InChI=1S/C26H20O6/c1-3-16-4-6-17(7-5-16)12-23-24(27)19-9-11-20(15(2)25(19)31-23)32-26(28)18-8-10-21-22(13-18)30-14-29-21/h4-13H,3,14H2,1-2H3/b23-12-. The number of carbonyl (C=O) groups excluding carboxylic acids is 2. The van der Waals surface area contributed by atoms with E-state index in [2.05, 4.69) is 6.92 Å². The van der Waals surface area contributed by atoms with Gasteiger partial charge in [0.25, 0.3) is 0 Å². The van der Waals surface area contributed by atoms with Gasteiger partial charge in [-0.1, -0.05) is 31.2 Å². The Morgan fingerprint density at radius 3 is 2.59 bits per heavy atom. The molecule has 0 N–H and O–H groups in total. The van der Waals surface area contributed by atoms with Gasteiger partial charge >= 0.3 is 5.97 Å². The molecule has 0 spiro atoms. The number of ether oxygens (including phenoxy) is 4. The Balaban J connectivity index is 1.38. The van der Waals surface area contributed by atoms with E-state index in [-0.39, 0.29) is 18.3 Å². The van der Waals surface area contributed by atoms with E-state index in [9.17, 15) is 9.59 Å². The van der Waals surface area contributed by atoms with Crippen LogP contribution < -0.4 is 18.9 Å². The highest BCUT2D eigenvalue weighted by Crippen LogP contribution is 2.40. The number of hydrogen-bond acceptors (Lipinski definition) is 6. The summed E-state index contributed by atoms with van der Waals surface area (Å²) in [6, 6.07) is 16.1. The minimum Gasteiger partial charge on any atom is -0.454 e. The number of ketones is 1. The highest BCUT2D eigenvalue weighted by molar-refractivity contribution is 6.15. The van der Waals surface area contributed by atoms with Crippen LogP contribution in [0.3, 0.4) is 0 Å². The predicted molar refractivity (Wildman–Crippen MR) is 117 cm³/mol. The summed E-state index contributed by atoms with van der Waals surface area (Å²) in [4.78, 5) is 25.5. The van der Waals surface area contributed by atoms with Crippen LogP contribution in [0.25, 0.3) is 6.08 Å². The molecule has 0 fully saturated rings. The number of rotatable bonds is 4. The molecule has 2 aliphatic rings. The second kappa shape index (κ2) is 7.89. The summed E-state index contributed by atoms with van der Waals surface area (Å²) in [6.07, 6.45) is 2.67. The van der Waals surface area contributed by atoms with Crippen LogP contribution in [0, 0.1) is 6.92 Å². The zero-order valence-electron chi connectivity index (χ0n) is 17.6. The first kappa shape index (κ1) is 19.9. The van der Waals surface area contributed by atoms with E-state index < -0.39 is 5.97 Å². The molecule has 32 heavy (non-hydrogen) atoms. The van der Waals surface area contributed by atoms with E-state index in [0.717, 1.165) is 12.0 Å². The van der Waals surface area contributed by atoms with Crippen LogP contribution in [-0.2, 0) is 6.42 Å². The number of fused-ring (bicyclic) bond motifs is 2. The second-order valence-electron chi connectivity index (χ2n) is 7.56. The summed E-state index contributed by atoms with van der Waals surface area (Å²) in [5.74, 6) is 1.33. The molecule has 0 aromatic heterocycles. The first-order valence-electron chi connectivity index (χ1n) is 10.3. The normalized spacial score (nSPS) is 14.9. The summed E-state index contributed by atoms with van der Waals surface area (Å²) < 4.78 is 22.0. The topological polar surface area (TPSA) is 71.1 Å². The quantitative estimate of drug-likeness (QED) is 0.326. The Morgan fingerprint density at radius 2 is 1.81 bits per heavy atom. The monoisotopic (exact) mass is 428 g/mol. The van der Waals surface area contributed by atoms with Crippen molar-refractivity contribution in [2.75, 3.05) is 6.79 Å². The van der Waals surface area contributed by atoms with Crippen molar-refractivity contribution < 1.29 is 28.5 Å². The molecule has 6 nitrogen and oxygen atoms in total. The molecule has 0 unspecified atom stereocenters. The van der Waals surface area contributed by atoms with Crippen molar-refractivity contribution in [3.8, 4) is 23.0 Å². The van der Waals surface area contributed by atoms with Crippen molar-refractivity contribution in [3.63, 3.8) is 0 Å². The van der Waals surface area contributed by atoms with E-state index in [4.69, 9.17) is 18.9 Å². The van der Waals surface area contributed by atoms with Crippen LogP contribution in [0.4, 0.5) is 0 Å². The lowest BCUT2D eigenvalue weighted by atomic mass is 10.0. The van der Waals surface area contributed by atoms with Crippen LogP contribution in [0.2, 0.25) is 0 Å². The average molecular weight is 428 g/mol. The molecule has 2 aliphatic heterocycles. The fraction of sp³-hybridized carbons (Fsp3) is 0.154. The minimum absolute atomic E-state index is 0.127. The zero-order valence-corrected chi connectivity index (χ0v) is 17.6. The van der Waals surface area contributed by atoms with Crippen LogP contribution in [0.5, 0.6) is 23.0 Å². The molecule has 0 amide bonds. The number of Topliss-reactive ketones (excluding diaryl/α,β-unsaturated/α-hetero) is 1. The lowest BCUT2D eigenvalue weighted by Gasteiger charge is -2.10. The van der Waals surface area contributed by atoms with Crippen molar-refractivity contribution in [3.05, 3.63) is 88.2 Å². The first-order valence-corrected chi connectivity index (χ1v) is 10.3. The number of benzene rings is 3. The van der Waals surface area contributed by atoms with Crippen molar-refractivity contribution in [1.82, 2.24) is 0 Å². The maximum Gasteiger partial charge on any atom is 0.343 e. The molecular formula is C26H20O6. The van der Waals surface area contributed by atoms with Gasteiger partial charge in [0.1, 0.15) is 11.5 Å². The largest absolute Gasteiger partial charge is 0.454 e. The van der Waals surface area contributed by atoms with Gasteiger partial charge in [-0.05, 0) is 60.9 Å². The van der Waals surface area contributed by atoms with E-state index in [1.807, 2.05) is 24.3 Å². The van der Waals surface area contributed by atoms with Crippen molar-refractivity contribution in [2.45, 2.75) is 20.3 Å². The van der Waals surface area contributed by atoms with Crippen molar-refractivity contribution >= 4 is 17.8 Å². The van der Waals surface area contributed by atoms with E-state index in [1.54, 1.807) is 43.3 Å². The van der Waals surface area contributed by atoms with Crippen molar-refractivity contribution in [1.29, 1.82) is 0 Å². The number of carbonyl (C=O) groups is 2. The summed E-state index contributed by atoms with van der Waals surface area (Å²) >= 11 is 0. The molecule has 160 valence electrons. The van der Waals surface area contributed by atoms with Gasteiger partial charge in [-0.3, -0.25) is 4.79 Å². The van der Waals surface area contributed by atoms with Crippen LogP contribution in [-0.4, -0.2) is 18.5 Å². The zero-order chi connectivity index (χ0) is 22.2. The maximum atomic E-state index is 12.8. The molecule has 5 rings (SSSR count). The molecule has 3 aromatic rings. The Bertz CT molecular complexity index is 1270. The highest BCUT2D eigenvalue weighted by atomic mass is 16.7. The summed E-state index contributed by atoms with van der Waals surface area (Å²) in [7, 11) is 0. The molecule has 2 heterocycles. The Labute approximate surface area is 185 Å². The maximum absolute atomic E-state index is 12.8. The number of aryl methyl sites for hydroxylation is 1. The smallest absolute Gasteiger partial charge is 0.343 e. The van der Waals surface area contributed by atoms with Crippen LogP contribution >= 0.6 is 0 Å². The molecule has 0 radical (unpaired) electrons.